The molecular formula is C30H28F2N2O4. The van der Waals surface area contributed by atoms with Gasteiger partial charge >= 0.3 is 5.97 Å². The maximum atomic E-state index is 14.8. The van der Waals surface area contributed by atoms with E-state index in [4.69, 9.17) is 4.74 Å². The molecule has 6 nitrogen and oxygen atoms in total. The normalized spacial score (nSPS) is 17.7. The van der Waals surface area contributed by atoms with E-state index < -0.39 is 17.7 Å². The van der Waals surface area contributed by atoms with Crippen LogP contribution in [-0.2, 0) is 4.74 Å². The number of rotatable bonds is 5. The lowest BCUT2D eigenvalue weighted by molar-refractivity contribution is 0.0598. The van der Waals surface area contributed by atoms with E-state index in [2.05, 4.69) is 5.32 Å². The molecule has 1 saturated carbocycles. The molecule has 5 rings (SSSR count). The van der Waals surface area contributed by atoms with Crippen molar-refractivity contribution in [2.75, 3.05) is 20.2 Å². The van der Waals surface area contributed by atoms with Crippen LogP contribution in [0, 0.1) is 24.0 Å². The average molecular weight is 519 g/mol. The molecule has 2 fully saturated rings. The number of methoxy groups -OCH3 is 1. The zero-order valence-corrected chi connectivity index (χ0v) is 21.2. The number of carbonyl (C=O) groups excluding carboxylic acids is 3. The molecule has 2 amide bonds. The number of likely N-dealkylation sites (tertiary alicyclic amines) is 1. The molecule has 0 aromatic heterocycles. The number of halogens is 2. The zero-order chi connectivity index (χ0) is 27.0. The van der Waals surface area contributed by atoms with E-state index in [0.717, 1.165) is 19.3 Å². The van der Waals surface area contributed by atoms with Crippen LogP contribution >= 0.6 is 0 Å². The standard InChI is InChI=1S/C30H28F2N2O4/c1-18-15-21(29(37)38-2)6-9-23(18)28(36)34-13-11-30(12-14-34)17-26(30)33-27(35)24-10-5-20(16-25(24)32)19-3-7-22(31)8-4-19/h3-10,15-16,26H,11-14,17H2,1-2H3,(H,33,35). The van der Waals surface area contributed by atoms with Crippen LogP contribution in [-0.4, -0.2) is 48.9 Å². The van der Waals surface area contributed by atoms with Gasteiger partial charge in [0.1, 0.15) is 11.6 Å². The highest BCUT2D eigenvalue weighted by Gasteiger charge is 2.56. The fraction of sp³-hybridized carbons (Fsp3) is 0.300. The zero-order valence-electron chi connectivity index (χ0n) is 21.2. The summed E-state index contributed by atoms with van der Waals surface area (Å²) in [6.45, 7) is 2.91. The lowest BCUT2D eigenvalue weighted by Crippen LogP contribution is -2.42. The summed E-state index contributed by atoms with van der Waals surface area (Å²) in [4.78, 5) is 39.5. The van der Waals surface area contributed by atoms with Crippen molar-refractivity contribution < 1.29 is 27.9 Å². The molecule has 1 spiro atoms. The molecule has 0 radical (unpaired) electrons. The monoisotopic (exact) mass is 518 g/mol. The Kier molecular flexibility index (Phi) is 6.73. The van der Waals surface area contributed by atoms with Crippen molar-refractivity contribution in [2.24, 2.45) is 5.41 Å². The van der Waals surface area contributed by atoms with Crippen LogP contribution in [0.5, 0.6) is 0 Å². The highest BCUT2D eigenvalue weighted by molar-refractivity contribution is 5.98. The average Bonchev–Trinajstić information content (AvgIpc) is 3.58. The first-order chi connectivity index (χ1) is 18.2. The third-order valence-corrected chi connectivity index (χ3v) is 7.81. The summed E-state index contributed by atoms with van der Waals surface area (Å²) in [5.41, 5.74) is 2.77. The summed E-state index contributed by atoms with van der Waals surface area (Å²) in [7, 11) is 1.32. The molecule has 2 aliphatic rings. The second-order valence-electron chi connectivity index (χ2n) is 10.1. The Morgan fingerprint density at radius 3 is 2.21 bits per heavy atom. The topological polar surface area (TPSA) is 75.7 Å². The van der Waals surface area contributed by atoms with Gasteiger partial charge < -0.3 is 15.0 Å². The molecule has 3 aromatic carbocycles. The lowest BCUT2D eigenvalue weighted by Gasteiger charge is -2.33. The molecule has 1 saturated heterocycles. The minimum atomic E-state index is -0.631. The van der Waals surface area contributed by atoms with Crippen molar-refractivity contribution in [3.05, 3.63) is 94.6 Å². The maximum absolute atomic E-state index is 14.8. The van der Waals surface area contributed by atoms with E-state index in [1.165, 1.54) is 31.4 Å². The maximum Gasteiger partial charge on any atom is 0.337 e. The number of carbonyl (C=O) groups is 3. The van der Waals surface area contributed by atoms with E-state index in [1.807, 2.05) is 0 Å². The minimum absolute atomic E-state index is 0.0311. The molecule has 1 aliphatic heterocycles. The number of ether oxygens (including phenoxy) is 1. The first kappa shape index (κ1) is 25.6. The van der Waals surface area contributed by atoms with Crippen LogP contribution in [0.15, 0.2) is 60.7 Å². The van der Waals surface area contributed by atoms with Gasteiger partial charge in [-0.25, -0.2) is 13.6 Å². The fourth-order valence-electron chi connectivity index (χ4n) is 5.34. The van der Waals surface area contributed by atoms with Gasteiger partial charge in [-0.3, -0.25) is 9.59 Å². The second-order valence-corrected chi connectivity index (χ2v) is 10.1. The number of amides is 2. The number of piperidine rings is 1. The predicted octanol–water partition coefficient (Wildman–Crippen LogP) is 5.15. The van der Waals surface area contributed by atoms with Gasteiger partial charge in [0.05, 0.1) is 18.2 Å². The number of hydrogen-bond donors (Lipinski definition) is 1. The smallest absolute Gasteiger partial charge is 0.337 e. The van der Waals surface area contributed by atoms with Gasteiger partial charge in [-0.05, 0) is 90.8 Å². The van der Waals surface area contributed by atoms with Crippen LogP contribution in [0.3, 0.4) is 0 Å². The molecule has 1 aliphatic carbocycles. The third kappa shape index (κ3) is 4.90. The van der Waals surface area contributed by atoms with Crippen LogP contribution in [0.4, 0.5) is 8.78 Å². The Morgan fingerprint density at radius 1 is 0.921 bits per heavy atom. The predicted molar refractivity (Wildman–Crippen MR) is 138 cm³/mol. The summed E-state index contributed by atoms with van der Waals surface area (Å²) in [5.74, 6) is -2.00. The first-order valence-electron chi connectivity index (χ1n) is 12.6. The van der Waals surface area contributed by atoms with Gasteiger partial charge in [0, 0.05) is 24.7 Å². The Bertz CT molecular complexity index is 1410. The van der Waals surface area contributed by atoms with Crippen molar-refractivity contribution in [1.82, 2.24) is 10.2 Å². The van der Waals surface area contributed by atoms with Gasteiger partial charge in [0.2, 0.25) is 0 Å². The molecule has 8 heteroatoms. The Morgan fingerprint density at radius 2 is 1.58 bits per heavy atom. The summed E-state index contributed by atoms with van der Waals surface area (Å²) < 4.78 is 32.7. The lowest BCUT2D eigenvalue weighted by atomic mass is 9.91. The van der Waals surface area contributed by atoms with E-state index in [9.17, 15) is 23.2 Å². The van der Waals surface area contributed by atoms with E-state index in [-0.39, 0.29) is 28.7 Å². The number of nitrogens with zero attached hydrogens (tertiary/aromatic N) is 1. The second kappa shape index (κ2) is 10.0. The van der Waals surface area contributed by atoms with Gasteiger partial charge in [-0.1, -0.05) is 18.2 Å². The highest BCUT2D eigenvalue weighted by atomic mass is 19.1. The summed E-state index contributed by atoms with van der Waals surface area (Å²) in [6.07, 6.45) is 2.28. The molecule has 3 aromatic rings. The number of benzene rings is 3. The number of nitrogens with one attached hydrogen (secondary N) is 1. The number of esters is 1. The van der Waals surface area contributed by atoms with Crippen molar-refractivity contribution in [2.45, 2.75) is 32.2 Å². The Labute approximate surface area is 219 Å². The van der Waals surface area contributed by atoms with Crippen LogP contribution in [0.25, 0.3) is 11.1 Å². The van der Waals surface area contributed by atoms with Crippen LogP contribution in [0.1, 0.15) is 55.9 Å². The summed E-state index contributed by atoms with van der Waals surface area (Å²) in [6, 6.07) is 15.0. The van der Waals surface area contributed by atoms with Crippen molar-refractivity contribution in [1.29, 1.82) is 0 Å². The van der Waals surface area contributed by atoms with Crippen molar-refractivity contribution in [3.63, 3.8) is 0 Å². The number of hydrogen-bond acceptors (Lipinski definition) is 4. The molecule has 1 unspecified atom stereocenters. The third-order valence-electron chi connectivity index (χ3n) is 7.81. The van der Waals surface area contributed by atoms with E-state index in [0.29, 0.717) is 40.9 Å². The molecule has 196 valence electrons. The minimum Gasteiger partial charge on any atom is -0.465 e. The Hall–Kier alpha value is -4.07. The summed E-state index contributed by atoms with van der Waals surface area (Å²) >= 11 is 0. The molecule has 1 N–H and O–H groups in total. The molecule has 0 bridgehead atoms. The number of aryl methyl sites for hydroxylation is 1. The highest BCUT2D eigenvalue weighted by Crippen LogP contribution is 2.54. The van der Waals surface area contributed by atoms with E-state index in [1.54, 1.807) is 48.2 Å². The van der Waals surface area contributed by atoms with Gasteiger partial charge in [-0.2, -0.15) is 0 Å². The van der Waals surface area contributed by atoms with Crippen molar-refractivity contribution >= 4 is 17.8 Å². The summed E-state index contributed by atoms with van der Waals surface area (Å²) in [5, 5.41) is 2.97. The SMILES string of the molecule is COC(=O)c1ccc(C(=O)N2CCC3(CC2)CC3NC(=O)c2ccc(-c3ccc(F)cc3)cc2F)c(C)c1. The molecule has 1 heterocycles. The molecule has 38 heavy (non-hydrogen) atoms. The fourth-order valence-corrected chi connectivity index (χ4v) is 5.34. The van der Waals surface area contributed by atoms with Crippen LogP contribution in [0.2, 0.25) is 0 Å². The van der Waals surface area contributed by atoms with E-state index >= 15 is 0 Å². The quantitative estimate of drug-likeness (QED) is 0.474. The first-order valence-corrected chi connectivity index (χ1v) is 12.6. The van der Waals surface area contributed by atoms with Gasteiger partial charge in [0.15, 0.2) is 0 Å². The molecule has 1 atom stereocenters. The van der Waals surface area contributed by atoms with Crippen LogP contribution < -0.4 is 5.32 Å². The van der Waals surface area contributed by atoms with Gasteiger partial charge in [-0.15, -0.1) is 0 Å². The largest absolute Gasteiger partial charge is 0.465 e. The Balaban J connectivity index is 1.18. The van der Waals surface area contributed by atoms with Crippen molar-refractivity contribution in [3.8, 4) is 11.1 Å². The molecular weight excluding hydrogens is 490 g/mol. The van der Waals surface area contributed by atoms with Gasteiger partial charge in [0.25, 0.3) is 11.8 Å².